The van der Waals surface area contributed by atoms with Crippen LogP contribution in [0.25, 0.3) is 0 Å². The van der Waals surface area contributed by atoms with E-state index in [2.05, 4.69) is 0 Å². The van der Waals surface area contributed by atoms with E-state index in [4.69, 9.17) is 19.2 Å². The molecule has 0 fully saturated rings. The van der Waals surface area contributed by atoms with Crippen molar-refractivity contribution in [3.05, 3.63) is 70.9 Å². The third-order valence-corrected chi connectivity index (χ3v) is 6.38. The van der Waals surface area contributed by atoms with Gasteiger partial charge in [-0.3, -0.25) is 14.6 Å². The molecule has 0 aromatic heterocycles. The molecular formula is C26H27NO5. The first-order valence-corrected chi connectivity index (χ1v) is 10.6. The Morgan fingerprint density at radius 1 is 0.938 bits per heavy atom. The highest BCUT2D eigenvalue weighted by molar-refractivity contribution is 6.09. The molecule has 6 nitrogen and oxygen atoms in total. The predicted molar refractivity (Wildman–Crippen MR) is 121 cm³/mol. The van der Waals surface area contributed by atoms with E-state index in [1.54, 1.807) is 14.2 Å². The first-order chi connectivity index (χ1) is 15.5. The maximum Gasteiger partial charge on any atom is 0.315 e. The van der Waals surface area contributed by atoms with Crippen LogP contribution in [0.4, 0.5) is 0 Å². The van der Waals surface area contributed by atoms with Gasteiger partial charge < -0.3 is 14.2 Å². The van der Waals surface area contributed by atoms with E-state index in [0.717, 1.165) is 22.6 Å². The van der Waals surface area contributed by atoms with E-state index in [1.165, 1.54) is 7.11 Å². The maximum atomic E-state index is 13.5. The number of carbonyl (C=O) groups is 2. The molecule has 0 spiro atoms. The molecule has 32 heavy (non-hydrogen) atoms. The number of nitrogens with zero attached hydrogens (tertiary/aromatic N) is 1. The zero-order valence-electron chi connectivity index (χ0n) is 18.8. The minimum atomic E-state index is -0.646. The Morgan fingerprint density at radius 2 is 1.66 bits per heavy atom. The maximum absolute atomic E-state index is 13.5. The molecule has 0 N–H and O–H groups in total. The van der Waals surface area contributed by atoms with Crippen molar-refractivity contribution >= 4 is 17.5 Å². The number of hydrogen-bond acceptors (Lipinski definition) is 6. The third kappa shape index (κ3) is 3.93. The number of esters is 1. The van der Waals surface area contributed by atoms with E-state index in [1.807, 2.05) is 55.5 Å². The normalized spacial score (nSPS) is 22.7. The Hall–Kier alpha value is -3.41. The zero-order valence-corrected chi connectivity index (χ0v) is 18.8. The van der Waals surface area contributed by atoms with Crippen LogP contribution in [0.5, 0.6) is 11.5 Å². The number of ether oxygens (including phenoxy) is 3. The zero-order chi connectivity index (χ0) is 22.8. The van der Waals surface area contributed by atoms with Crippen LogP contribution in [0.3, 0.4) is 0 Å². The Morgan fingerprint density at radius 3 is 2.31 bits per heavy atom. The lowest BCUT2D eigenvalue weighted by Crippen LogP contribution is -2.37. The number of benzene rings is 2. The molecule has 166 valence electrons. The monoisotopic (exact) mass is 433 g/mol. The third-order valence-electron chi connectivity index (χ3n) is 6.38. The number of methoxy groups -OCH3 is 3. The molecule has 1 aliphatic heterocycles. The molecule has 4 rings (SSSR count). The van der Waals surface area contributed by atoms with Gasteiger partial charge in [-0.15, -0.1) is 0 Å². The van der Waals surface area contributed by atoms with E-state index in [9.17, 15) is 9.59 Å². The van der Waals surface area contributed by atoms with Gasteiger partial charge in [0.15, 0.2) is 5.78 Å². The van der Waals surface area contributed by atoms with Gasteiger partial charge in [-0.1, -0.05) is 24.3 Å². The highest BCUT2D eigenvalue weighted by atomic mass is 16.5. The van der Waals surface area contributed by atoms with Crippen molar-refractivity contribution in [2.24, 2.45) is 10.9 Å². The van der Waals surface area contributed by atoms with Crippen molar-refractivity contribution in [2.75, 3.05) is 21.3 Å². The summed E-state index contributed by atoms with van der Waals surface area (Å²) in [5.41, 5.74) is 3.95. The highest BCUT2D eigenvalue weighted by Crippen LogP contribution is 2.47. The van der Waals surface area contributed by atoms with Gasteiger partial charge in [0.25, 0.3) is 0 Å². The number of rotatable bonds is 5. The Bertz CT molecular complexity index is 1100. The molecule has 6 heteroatoms. The van der Waals surface area contributed by atoms with Crippen molar-refractivity contribution in [3.8, 4) is 11.5 Å². The lowest BCUT2D eigenvalue weighted by molar-refractivity contribution is -0.143. The van der Waals surface area contributed by atoms with Crippen molar-refractivity contribution in [1.29, 1.82) is 0 Å². The van der Waals surface area contributed by atoms with Gasteiger partial charge in [0.2, 0.25) is 0 Å². The molecular weight excluding hydrogens is 406 g/mol. The molecule has 0 radical (unpaired) electrons. The summed E-state index contributed by atoms with van der Waals surface area (Å²) in [4.78, 5) is 31.0. The number of carbonyl (C=O) groups excluding carboxylic acids is 2. The van der Waals surface area contributed by atoms with E-state index in [0.29, 0.717) is 29.9 Å². The Balaban J connectivity index is 1.78. The van der Waals surface area contributed by atoms with Crippen LogP contribution >= 0.6 is 0 Å². The molecule has 1 aliphatic carbocycles. The number of Topliss-reactive ketones (excluding diaryl/α,β-unsaturated/α-hetero) is 1. The fourth-order valence-electron chi connectivity index (χ4n) is 4.80. The smallest absolute Gasteiger partial charge is 0.315 e. The highest BCUT2D eigenvalue weighted by Gasteiger charge is 2.44. The average Bonchev–Trinajstić information content (AvgIpc) is 2.82. The minimum absolute atomic E-state index is 0.0186. The van der Waals surface area contributed by atoms with Gasteiger partial charge in [-0.25, -0.2) is 0 Å². The summed E-state index contributed by atoms with van der Waals surface area (Å²) in [5.74, 6) is 0.0147. The summed E-state index contributed by atoms with van der Waals surface area (Å²) in [6.07, 6.45) is 1.01. The SMILES string of the molecule is COC(=O)C1C(C)=NC2=C(C(=O)C[C@H](c3ccc(OC)cc3)C2)[C@H]1c1cccc(OC)c1. The van der Waals surface area contributed by atoms with E-state index >= 15 is 0 Å². The van der Waals surface area contributed by atoms with Crippen LogP contribution in [-0.2, 0) is 14.3 Å². The molecule has 2 aliphatic rings. The molecule has 1 unspecified atom stereocenters. The van der Waals surface area contributed by atoms with Crippen molar-refractivity contribution < 1.29 is 23.8 Å². The molecule has 0 bridgehead atoms. The van der Waals surface area contributed by atoms with Crippen LogP contribution in [0.15, 0.2) is 64.8 Å². The van der Waals surface area contributed by atoms with Gasteiger partial charge in [-0.05, 0) is 54.7 Å². The van der Waals surface area contributed by atoms with Crippen LogP contribution in [0, 0.1) is 5.92 Å². The van der Waals surface area contributed by atoms with Crippen LogP contribution in [0.1, 0.15) is 42.7 Å². The summed E-state index contributed by atoms with van der Waals surface area (Å²) in [6, 6.07) is 15.3. The molecule has 1 heterocycles. The fourth-order valence-corrected chi connectivity index (χ4v) is 4.80. The first-order valence-electron chi connectivity index (χ1n) is 10.6. The standard InChI is InChI=1S/C26H27NO5/c1-15-23(26(29)32-4)24(17-6-5-7-20(12-17)31-3)25-21(27-15)13-18(14-22(25)28)16-8-10-19(30-2)11-9-16/h5-12,18,23-24H,13-14H2,1-4H3/t18-,23?,24+/m1/s1. The second kappa shape index (κ2) is 8.99. The molecule has 0 saturated carbocycles. The fraction of sp³-hybridized carbons (Fsp3) is 0.346. The van der Waals surface area contributed by atoms with Crippen molar-refractivity contribution in [1.82, 2.24) is 0 Å². The molecule has 2 aromatic carbocycles. The number of ketones is 1. The van der Waals surface area contributed by atoms with Crippen LogP contribution in [0.2, 0.25) is 0 Å². The average molecular weight is 434 g/mol. The second-order valence-corrected chi connectivity index (χ2v) is 8.17. The van der Waals surface area contributed by atoms with E-state index < -0.39 is 17.8 Å². The predicted octanol–water partition coefficient (Wildman–Crippen LogP) is 4.45. The van der Waals surface area contributed by atoms with Crippen LogP contribution < -0.4 is 9.47 Å². The van der Waals surface area contributed by atoms with Gasteiger partial charge in [0, 0.05) is 29.3 Å². The number of hydrogen-bond donors (Lipinski definition) is 0. The summed E-state index contributed by atoms with van der Waals surface area (Å²) in [5, 5.41) is 0. The lowest BCUT2D eigenvalue weighted by atomic mass is 9.69. The van der Waals surface area contributed by atoms with Crippen molar-refractivity contribution in [3.63, 3.8) is 0 Å². The second-order valence-electron chi connectivity index (χ2n) is 8.17. The number of allylic oxidation sites excluding steroid dienone is 2. The Labute approximate surface area is 187 Å². The largest absolute Gasteiger partial charge is 0.497 e. The summed E-state index contributed by atoms with van der Waals surface area (Å²) in [6.45, 7) is 1.83. The number of aliphatic imine (C=N–C) groups is 1. The topological polar surface area (TPSA) is 74.2 Å². The Kier molecular flexibility index (Phi) is 6.12. The van der Waals surface area contributed by atoms with Gasteiger partial charge in [-0.2, -0.15) is 0 Å². The molecule has 3 atom stereocenters. The molecule has 0 saturated heterocycles. The first kappa shape index (κ1) is 21.8. The molecule has 0 amide bonds. The molecule has 2 aromatic rings. The van der Waals surface area contributed by atoms with Crippen LogP contribution in [-0.4, -0.2) is 38.8 Å². The summed E-state index contributed by atoms with van der Waals surface area (Å²) >= 11 is 0. The minimum Gasteiger partial charge on any atom is -0.497 e. The van der Waals surface area contributed by atoms with Gasteiger partial charge >= 0.3 is 5.97 Å². The van der Waals surface area contributed by atoms with E-state index in [-0.39, 0.29) is 11.7 Å². The van der Waals surface area contributed by atoms with Crippen molar-refractivity contribution in [2.45, 2.75) is 31.6 Å². The summed E-state index contributed by atoms with van der Waals surface area (Å²) in [7, 11) is 4.59. The quantitative estimate of drug-likeness (QED) is 0.651. The van der Waals surface area contributed by atoms with Gasteiger partial charge in [0.1, 0.15) is 17.4 Å². The lowest BCUT2D eigenvalue weighted by Gasteiger charge is -2.36. The van der Waals surface area contributed by atoms with Gasteiger partial charge in [0.05, 0.1) is 21.3 Å². The summed E-state index contributed by atoms with van der Waals surface area (Å²) < 4.78 is 15.7.